The largest absolute Gasteiger partial charge is 0.353 e. The van der Waals surface area contributed by atoms with Crippen LogP contribution in [0.1, 0.15) is 31.4 Å². The Balaban J connectivity index is 2.37. The van der Waals surface area contributed by atoms with E-state index in [1.54, 1.807) is 0 Å². The number of thioether (sulfide) groups is 1. The predicted octanol–water partition coefficient (Wildman–Crippen LogP) is 4.18. The van der Waals surface area contributed by atoms with Crippen LogP contribution < -0.4 is 0 Å². The fourth-order valence-corrected chi connectivity index (χ4v) is 2.63. The molecule has 0 N–H and O–H groups in total. The molecule has 0 spiro atoms. The fraction of sp³-hybridized carbons (Fsp3) is 0.600. The minimum Gasteiger partial charge on any atom is -0.353 e. The minimum absolute atomic E-state index is 0.0564. The summed E-state index contributed by atoms with van der Waals surface area (Å²) in [6.07, 6.45) is 0.873. The van der Waals surface area contributed by atoms with Crippen molar-refractivity contribution in [1.29, 1.82) is 0 Å². The highest BCUT2D eigenvalue weighted by atomic mass is 32.2. The fourth-order valence-electron chi connectivity index (χ4n) is 1.66. The lowest BCUT2D eigenvalue weighted by atomic mass is 10.1. The summed E-state index contributed by atoms with van der Waals surface area (Å²) in [4.78, 5) is 1.32. The molecule has 0 aliphatic carbocycles. The molecule has 1 aromatic rings. The van der Waals surface area contributed by atoms with Crippen molar-refractivity contribution < 1.29 is 9.47 Å². The molecule has 0 saturated carbocycles. The predicted molar refractivity (Wildman–Crippen MR) is 78.3 cm³/mol. The molecule has 0 aliphatic rings. The van der Waals surface area contributed by atoms with Crippen molar-refractivity contribution in [2.45, 2.75) is 45.3 Å². The van der Waals surface area contributed by atoms with E-state index in [0.29, 0.717) is 13.2 Å². The molecular formula is C15H24O2S. The molecule has 18 heavy (non-hydrogen) atoms. The molecule has 0 heterocycles. The van der Waals surface area contributed by atoms with Gasteiger partial charge < -0.3 is 9.47 Å². The SMILES string of the molecule is CCOC(CCSc1ccc(C)c(C)c1)OCC. The first-order chi connectivity index (χ1) is 8.67. The Morgan fingerprint density at radius 3 is 2.28 bits per heavy atom. The number of hydrogen-bond acceptors (Lipinski definition) is 3. The molecule has 3 heteroatoms. The van der Waals surface area contributed by atoms with E-state index in [1.165, 1.54) is 16.0 Å². The zero-order valence-electron chi connectivity index (χ0n) is 11.9. The summed E-state index contributed by atoms with van der Waals surface area (Å²) in [5.41, 5.74) is 2.70. The van der Waals surface area contributed by atoms with Crippen LogP contribution in [0.25, 0.3) is 0 Å². The van der Waals surface area contributed by atoms with Crippen LogP contribution >= 0.6 is 11.8 Å². The highest BCUT2D eigenvalue weighted by molar-refractivity contribution is 7.99. The van der Waals surface area contributed by atoms with E-state index in [-0.39, 0.29) is 6.29 Å². The molecule has 0 aromatic heterocycles. The monoisotopic (exact) mass is 268 g/mol. The van der Waals surface area contributed by atoms with Crippen LogP contribution in [-0.2, 0) is 9.47 Å². The summed E-state index contributed by atoms with van der Waals surface area (Å²) < 4.78 is 11.1. The summed E-state index contributed by atoms with van der Waals surface area (Å²) in [5.74, 6) is 1.02. The molecule has 1 rings (SSSR count). The van der Waals surface area contributed by atoms with Crippen molar-refractivity contribution in [2.24, 2.45) is 0 Å². The first kappa shape index (κ1) is 15.5. The van der Waals surface area contributed by atoms with E-state index in [0.717, 1.165) is 12.2 Å². The lowest BCUT2D eigenvalue weighted by Crippen LogP contribution is -2.18. The van der Waals surface area contributed by atoms with Crippen LogP contribution in [0.2, 0.25) is 0 Å². The van der Waals surface area contributed by atoms with Crippen molar-refractivity contribution in [1.82, 2.24) is 0 Å². The molecule has 0 amide bonds. The minimum atomic E-state index is -0.0564. The van der Waals surface area contributed by atoms with Crippen molar-refractivity contribution in [3.8, 4) is 0 Å². The van der Waals surface area contributed by atoms with Crippen LogP contribution in [-0.4, -0.2) is 25.3 Å². The summed E-state index contributed by atoms with van der Waals surface area (Å²) in [6.45, 7) is 9.72. The second-order valence-corrected chi connectivity index (χ2v) is 5.39. The van der Waals surface area contributed by atoms with Crippen LogP contribution in [0.15, 0.2) is 23.1 Å². The molecule has 102 valence electrons. The molecule has 2 nitrogen and oxygen atoms in total. The van der Waals surface area contributed by atoms with Gasteiger partial charge in [-0.3, -0.25) is 0 Å². The van der Waals surface area contributed by atoms with Crippen molar-refractivity contribution in [3.63, 3.8) is 0 Å². The maximum atomic E-state index is 5.53. The van der Waals surface area contributed by atoms with Gasteiger partial charge in [0.25, 0.3) is 0 Å². The van der Waals surface area contributed by atoms with Crippen LogP contribution in [0.4, 0.5) is 0 Å². The first-order valence-corrected chi connectivity index (χ1v) is 7.59. The number of aryl methyl sites for hydroxylation is 2. The highest BCUT2D eigenvalue weighted by Crippen LogP contribution is 2.22. The lowest BCUT2D eigenvalue weighted by Gasteiger charge is -2.16. The van der Waals surface area contributed by atoms with Crippen LogP contribution in [0.5, 0.6) is 0 Å². The second-order valence-electron chi connectivity index (χ2n) is 4.22. The van der Waals surface area contributed by atoms with Gasteiger partial charge in [-0.15, -0.1) is 11.8 Å². The number of benzene rings is 1. The standard InChI is InChI=1S/C15H24O2S/c1-5-16-15(17-6-2)9-10-18-14-8-7-12(3)13(4)11-14/h7-8,11,15H,5-6,9-10H2,1-4H3. The van der Waals surface area contributed by atoms with Gasteiger partial charge in [0.15, 0.2) is 6.29 Å². The Hall–Kier alpha value is -0.510. The van der Waals surface area contributed by atoms with E-state index in [1.807, 2.05) is 25.6 Å². The smallest absolute Gasteiger partial charge is 0.158 e. The lowest BCUT2D eigenvalue weighted by molar-refractivity contribution is -0.136. The van der Waals surface area contributed by atoms with E-state index in [4.69, 9.17) is 9.47 Å². The summed E-state index contributed by atoms with van der Waals surface area (Å²) in [7, 11) is 0. The third-order valence-corrected chi connectivity index (χ3v) is 3.83. The van der Waals surface area contributed by atoms with Crippen LogP contribution in [0.3, 0.4) is 0 Å². The van der Waals surface area contributed by atoms with Crippen molar-refractivity contribution in [2.75, 3.05) is 19.0 Å². The van der Waals surface area contributed by atoms with Gasteiger partial charge in [0.2, 0.25) is 0 Å². The molecule has 0 aliphatic heterocycles. The van der Waals surface area contributed by atoms with E-state index in [2.05, 4.69) is 32.0 Å². The Kier molecular flexibility index (Phi) is 7.40. The van der Waals surface area contributed by atoms with Gasteiger partial charge >= 0.3 is 0 Å². The van der Waals surface area contributed by atoms with E-state index in [9.17, 15) is 0 Å². The molecule has 1 aromatic carbocycles. The third kappa shape index (κ3) is 5.42. The third-order valence-electron chi connectivity index (χ3n) is 2.81. The molecular weight excluding hydrogens is 244 g/mol. The van der Waals surface area contributed by atoms with E-state index >= 15 is 0 Å². The van der Waals surface area contributed by atoms with Gasteiger partial charge in [0, 0.05) is 30.3 Å². The Morgan fingerprint density at radius 2 is 1.72 bits per heavy atom. The average Bonchev–Trinajstić information content (AvgIpc) is 2.34. The molecule has 0 radical (unpaired) electrons. The number of ether oxygens (including phenoxy) is 2. The van der Waals surface area contributed by atoms with Gasteiger partial charge in [0.05, 0.1) is 0 Å². The quantitative estimate of drug-likeness (QED) is 0.520. The first-order valence-electron chi connectivity index (χ1n) is 6.60. The van der Waals surface area contributed by atoms with Gasteiger partial charge in [-0.05, 0) is 51.0 Å². The van der Waals surface area contributed by atoms with Crippen LogP contribution in [0, 0.1) is 13.8 Å². The Labute approximate surface area is 115 Å². The zero-order valence-corrected chi connectivity index (χ0v) is 12.7. The Bertz CT molecular complexity index is 346. The molecule has 0 fully saturated rings. The zero-order chi connectivity index (χ0) is 13.4. The maximum Gasteiger partial charge on any atom is 0.158 e. The van der Waals surface area contributed by atoms with E-state index < -0.39 is 0 Å². The Morgan fingerprint density at radius 1 is 1.06 bits per heavy atom. The summed E-state index contributed by atoms with van der Waals surface area (Å²) in [6, 6.07) is 6.61. The molecule has 0 unspecified atom stereocenters. The summed E-state index contributed by atoms with van der Waals surface area (Å²) >= 11 is 1.86. The van der Waals surface area contributed by atoms with Gasteiger partial charge in [-0.1, -0.05) is 6.07 Å². The number of rotatable bonds is 8. The van der Waals surface area contributed by atoms with Gasteiger partial charge in [-0.2, -0.15) is 0 Å². The normalized spacial score (nSPS) is 11.2. The number of hydrogen-bond donors (Lipinski definition) is 0. The highest BCUT2D eigenvalue weighted by Gasteiger charge is 2.07. The molecule has 0 atom stereocenters. The topological polar surface area (TPSA) is 18.5 Å². The maximum absolute atomic E-state index is 5.53. The van der Waals surface area contributed by atoms with Crippen molar-refractivity contribution >= 4 is 11.8 Å². The second kappa shape index (κ2) is 8.57. The summed E-state index contributed by atoms with van der Waals surface area (Å²) in [5, 5.41) is 0. The molecule has 0 bridgehead atoms. The molecule has 0 saturated heterocycles. The van der Waals surface area contributed by atoms with Crippen molar-refractivity contribution in [3.05, 3.63) is 29.3 Å². The van der Waals surface area contributed by atoms with Gasteiger partial charge in [-0.25, -0.2) is 0 Å². The van der Waals surface area contributed by atoms with Gasteiger partial charge in [0.1, 0.15) is 0 Å². The average molecular weight is 268 g/mol.